The van der Waals surface area contributed by atoms with Gasteiger partial charge in [-0.3, -0.25) is 9.69 Å². The van der Waals surface area contributed by atoms with Gasteiger partial charge >= 0.3 is 0 Å². The number of carbonyl (C=O) groups excluding carboxylic acids is 1. The van der Waals surface area contributed by atoms with Crippen molar-refractivity contribution in [2.45, 2.75) is 26.8 Å². The summed E-state index contributed by atoms with van der Waals surface area (Å²) in [6.45, 7) is 9.41. The van der Waals surface area contributed by atoms with E-state index in [0.29, 0.717) is 6.54 Å². The van der Waals surface area contributed by atoms with E-state index in [-0.39, 0.29) is 11.9 Å². The van der Waals surface area contributed by atoms with Crippen LogP contribution < -0.4 is 10.6 Å². The van der Waals surface area contributed by atoms with Crippen molar-refractivity contribution in [2.75, 3.05) is 31.1 Å². The normalized spacial score (nSPS) is 18.4. The average Bonchev–Trinajstić information content (AvgIpc) is 2.55. The summed E-state index contributed by atoms with van der Waals surface area (Å²) >= 11 is 0. The van der Waals surface area contributed by atoms with Crippen molar-refractivity contribution >= 4 is 11.6 Å². The maximum absolute atomic E-state index is 11.5. The molecule has 0 saturated carbocycles. The first-order chi connectivity index (χ1) is 12.0. The van der Waals surface area contributed by atoms with Crippen LogP contribution in [0.5, 0.6) is 0 Å². The Labute approximate surface area is 150 Å². The number of rotatable bonds is 4. The second-order valence-corrected chi connectivity index (χ2v) is 7.06. The summed E-state index contributed by atoms with van der Waals surface area (Å²) in [5, 5.41) is 0. The van der Waals surface area contributed by atoms with Gasteiger partial charge in [-0.25, -0.2) is 0 Å². The van der Waals surface area contributed by atoms with Crippen LogP contribution in [0.1, 0.15) is 28.3 Å². The van der Waals surface area contributed by atoms with Crippen molar-refractivity contribution in [1.29, 1.82) is 0 Å². The molecule has 0 radical (unpaired) electrons. The molecule has 1 atom stereocenters. The van der Waals surface area contributed by atoms with E-state index in [1.54, 1.807) is 0 Å². The second-order valence-electron chi connectivity index (χ2n) is 7.06. The molecule has 1 heterocycles. The number of aryl methyl sites for hydroxylation is 3. The average molecular weight is 337 g/mol. The van der Waals surface area contributed by atoms with E-state index in [1.807, 2.05) is 6.07 Å². The Kier molecular flexibility index (Phi) is 5.09. The highest BCUT2D eigenvalue weighted by Gasteiger charge is 2.30. The molecule has 1 fully saturated rings. The van der Waals surface area contributed by atoms with E-state index >= 15 is 0 Å². The minimum Gasteiger partial charge on any atom is -0.369 e. The lowest BCUT2D eigenvalue weighted by Gasteiger charge is -2.43. The summed E-state index contributed by atoms with van der Waals surface area (Å²) in [6.07, 6.45) is 0. The third kappa shape index (κ3) is 3.85. The quantitative estimate of drug-likeness (QED) is 0.933. The second kappa shape index (κ2) is 7.28. The smallest absolute Gasteiger partial charge is 0.231 e. The van der Waals surface area contributed by atoms with Gasteiger partial charge in [-0.05, 0) is 37.5 Å². The van der Waals surface area contributed by atoms with E-state index in [4.69, 9.17) is 5.73 Å². The van der Waals surface area contributed by atoms with Crippen LogP contribution in [0.3, 0.4) is 0 Å². The fourth-order valence-electron chi connectivity index (χ4n) is 4.08. The fourth-order valence-corrected chi connectivity index (χ4v) is 4.08. The molecule has 1 unspecified atom stereocenters. The van der Waals surface area contributed by atoms with Crippen molar-refractivity contribution in [3.8, 4) is 0 Å². The van der Waals surface area contributed by atoms with Crippen LogP contribution in [0.4, 0.5) is 5.69 Å². The topological polar surface area (TPSA) is 49.6 Å². The SMILES string of the molecule is Cc1cc(C)c(N2CCN(CC(N)=O)C(c3ccccc3)C2)c(C)c1. The van der Waals surface area contributed by atoms with E-state index < -0.39 is 0 Å². The van der Waals surface area contributed by atoms with Crippen molar-refractivity contribution < 1.29 is 4.79 Å². The highest BCUT2D eigenvalue weighted by Crippen LogP contribution is 2.32. The van der Waals surface area contributed by atoms with Crippen LogP contribution in [0, 0.1) is 20.8 Å². The molecule has 0 bridgehead atoms. The van der Waals surface area contributed by atoms with Crippen molar-refractivity contribution in [3.05, 3.63) is 64.7 Å². The van der Waals surface area contributed by atoms with E-state index in [1.165, 1.54) is 27.9 Å². The molecule has 1 aliphatic rings. The Balaban J connectivity index is 1.92. The summed E-state index contributed by atoms with van der Waals surface area (Å²) < 4.78 is 0. The minimum absolute atomic E-state index is 0.169. The zero-order chi connectivity index (χ0) is 18.0. The van der Waals surface area contributed by atoms with Gasteiger partial charge in [-0.2, -0.15) is 0 Å². The van der Waals surface area contributed by atoms with Crippen LogP contribution in [-0.2, 0) is 4.79 Å². The van der Waals surface area contributed by atoms with Gasteiger partial charge in [0.1, 0.15) is 0 Å². The molecule has 0 aromatic heterocycles. The Morgan fingerprint density at radius 3 is 2.32 bits per heavy atom. The van der Waals surface area contributed by atoms with Crippen LogP contribution in [0.15, 0.2) is 42.5 Å². The van der Waals surface area contributed by atoms with Gasteiger partial charge in [-0.1, -0.05) is 48.0 Å². The van der Waals surface area contributed by atoms with Crippen LogP contribution >= 0.6 is 0 Å². The maximum Gasteiger partial charge on any atom is 0.231 e. The molecule has 0 spiro atoms. The summed E-state index contributed by atoms with van der Waals surface area (Å²) in [5.74, 6) is -0.267. The highest BCUT2D eigenvalue weighted by atomic mass is 16.1. The molecule has 2 N–H and O–H groups in total. The molecule has 4 heteroatoms. The van der Waals surface area contributed by atoms with Gasteiger partial charge in [0.05, 0.1) is 12.6 Å². The summed E-state index contributed by atoms with van der Waals surface area (Å²) in [7, 11) is 0. The van der Waals surface area contributed by atoms with E-state index in [2.05, 4.69) is 67.0 Å². The maximum atomic E-state index is 11.5. The summed E-state index contributed by atoms with van der Waals surface area (Å²) in [5.41, 5.74) is 12.0. The van der Waals surface area contributed by atoms with Crippen LogP contribution in [-0.4, -0.2) is 37.0 Å². The van der Waals surface area contributed by atoms with Crippen molar-refractivity contribution in [2.24, 2.45) is 5.73 Å². The number of nitrogens with two attached hydrogens (primary N) is 1. The minimum atomic E-state index is -0.267. The standard InChI is InChI=1S/C21H27N3O/c1-15-11-16(2)21(17(3)12-15)24-10-9-23(14-20(22)25)19(13-24)18-7-5-4-6-8-18/h4-8,11-12,19H,9-10,13-14H2,1-3H3,(H2,22,25). The number of piperazine rings is 1. The molecule has 3 rings (SSSR count). The number of hydrogen-bond donors (Lipinski definition) is 1. The molecular weight excluding hydrogens is 310 g/mol. The predicted molar refractivity (Wildman–Crippen MR) is 103 cm³/mol. The molecular formula is C21H27N3O. The molecule has 2 aromatic rings. The zero-order valence-corrected chi connectivity index (χ0v) is 15.3. The Hall–Kier alpha value is -2.33. The molecule has 132 valence electrons. The number of benzene rings is 2. The monoisotopic (exact) mass is 337 g/mol. The summed E-state index contributed by atoms with van der Waals surface area (Å²) in [6, 6.07) is 15.1. The third-order valence-electron chi connectivity index (χ3n) is 4.99. The number of amides is 1. The van der Waals surface area contributed by atoms with Gasteiger partial charge in [0.15, 0.2) is 0 Å². The molecule has 4 nitrogen and oxygen atoms in total. The number of primary amides is 1. The van der Waals surface area contributed by atoms with Gasteiger partial charge in [0, 0.05) is 25.3 Å². The first kappa shape index (κ1) is 17.5. The molecule has 1 saturated heterocycles. The Morgan fingerprint density at radius 2 is 1.72 bits per heavy atom. The van der Waals surface area contributed by atoms with Gasteiger partial charge in [-0.15, -0.1) is 0 Å². The van der Waals surface area contributed by atoms with Crippen LogP contribution in [0.25, 0.3) is 0 Å². The number of hydrogen-bond acceptors (Lipinski definition) is 3. The largest absolute Gasteiger partial charge is 0.369 e. The molecule has 2 aromatic carbocycles. The fraction of sp³-hybridized carbons (Fsp3) is 0.381. The van der Waals surface area contributed by atoms with Crippen LogP contribution in [0.2, 0.25) is 0 Å². The molecule has 1 amide bonds. The molecule has 0 aliphatic carbocycles. The zero-order valence-electron chi connectivity index (χ0n) is 15.3. The third-order valence-corrected chi connectivity index (χ3v) is 4.99. The van der Waals surface area contributed by atoms with Crippen molar-refractivity contribution in [3.63, 3.8) is 0 Å². The first-order valence-electron chi connectivity index (χ1n) is 8.86. The van der Waals surface area contributed by atoms with E-state index in [9.17, 15) is 4.79 Å². The number of anilines is 1. The number of carbonyl (C=O) groups is 1. The van der Waals surface area contributed by atoms with Gasteiger partial charge in [0.25, 0.3) is 0 Å². The van der Waals surface area contributed by atoms with E-state index in [0.717, 1.165) is 19.6 Å². The lowest BCUT2D eigenvalue weighted by Crippen LogP contribution is -2.51. The first-order valence-corrected chi connectivity index (χ1v) is 8.86. The molecule has 1 aliphatic heterocycles. The lowest BCUT2D eigenvalue weighted by molar-refractivity contribution is -0.119. The predicted octanol–water partition coefficient (Wildman–Crippen LogP) is 2.96. The highest BCUT2D eigenvalue weighted by molar-refractivity contribution is 5.76. The Bertz CT molecular complexity index is 734. The lowest BCUT2D eigenvalue weighted by atomic mass is 9.99. The number of nitrogens with zero attached hydrogens (tertiary/aromatic N) is 2. The van der Waals surface area contributed by atoms with Gasteiger partial charge in [0.2, 0.25) is 5.91 Å². The Morgan fingerprint density at radius 1 is 1.08 bits per heavy atom. The van der Waals surface area contributed by atoms with Gasteiger partial charge < -0.3 is 10.6 Å². The molecule has 25 heavy (non-hydrogen) atoms. The van der Waals surface area contributed by atoms with Crippen molar-refractivity contribution in [1.82, 2.24) is 4.90 Å². The summed E-state index contributed by atoms with van der Waals surface area (Å²) in [4.78, 5) is 16.2.